The Kier molecular flexibility index (Phi) is 6.67. The average Bonchev–Trinajstić information content (AvgIpc) is 2.84. The molecule has 1 N–H and O–H groups in total. The first-order chi connectivity index (χ1) is 16.2. The Morgan fingerprint density at radius 2 is 1.88 bits per heavy atom. The Balaban J connectivity index is 1.47. The number of carbonyl (C=O) groups excluding carboxylic acids is 1. The topological polar surface area (TPSA) is 67.3 Å². The zero-order valence-electron chi connectivity index (χ0n) is 18.3. The molecule has 1 aromatic heterocycles. The van der Waals surface area contributed by atoms with Crippen LogP contribution in [0, 0.1) is 11.7 Å². The van der Waals surface area contributed by atoms with Crippen molar-refractivity contribution in [3.8, 4) is 17.0 Å². The average molecular weight is 474 g/mol. The fourth-order valence-electron chi connectivity index (χ4n) is 3.90. The van der Waals surface area contributed by atoms with Gasteiger partial charge < -0.3 is 15.0 Å². The van der Waals surface area contributed by atoms with Crippen LogP contribution in [0.5, 0.6) is 5.75 Å². The second-order valence-electron chi connectivity index (χ2n) is 7.96. The van der Waals surface area contributed by atoms with Gasteiger partial charge in [0, 0.05) is 30.4 Å². The molecule has 1 fully saturated rings. The number of methoxy groups -OCH3 is 1. The van der Waals surface area contributed by atoms with Gasteiger partial charge in [0.25, 0.3) is 0 Å². The summed E-state index contributed by atoms with van der Waals surface area (Å²) in [5.41, 5.74) is 0.0834. The fraction of sp³-hybridized carbons (Fsp3) is 0.292. The molecule has 4 rings (SSSR count). The number of benzene rings is 2. The molecule has 1 aliphatic rings. The molecule has 1 amide bonds. The molecule has 1 unspecified atom stereocenters. The first-order valence-electron chi connectivity index (χ1n) is 10.6. The van der Waals surface area contributed by atoms with E-state index in [0.717, 1.165) is 17.4 Å². The van der Waals surface area contributed by atoms with Gasteiger partial charge in [-0.1, -0.05) is 0 Å². The number of anilines is 2. The predicted molar refractivity (Wildman–Crippen MR) is 119 cm³/mol. The molecular weight excluding hydrogens is 452 g/mol. The number of nitrogens with one attached hydrogen (secondary N) is 1. The molecule has 1 atom stereocenters. The molecule has 178 valence electrons. The molecule has 2 aromatic carbocycles. The molecule has 34 heavy (non-hydrogen) atoms. The van der Waals surface area contributed by atoms with Crippen molar-refractivity contribution in [2.45, 2.75) is 19.0 Å². The van der Waals surface area contributed by atoms with E-state index < -0.39 is 29.4 Å². The summed E-state index contributed by atoms with van der Waals surface area (Å²) in [6.45, 7) is 1.02. The van der Waals surface area contributed by atoms with Crippen LogP contribution in [0.1, 0.15) is 18.4 Å². The monoisotopic (exact) mass is 474 g/mol. The van der Waals surface area contributed by atoms with E-state index >= 15 is 0 Å². The highest BCUT2D eigenvalue weighted by molar-refractivity contribution is 5.93. The Labute approximate surface area is 193 Å². The van der Waals surface area contributed by atoms with Crippen molar-refractivity contribution < 1.29 is 27.1 Å². The molecular formula is C24H22F4N4O2. The first-order valence-corrected chi connectivity index (χ1v) is 10.6. The highest BCUT2D eigenvalue weighted by Gasteiger charge is 2.34. The van der Waals surface area contributed by atoms with Crippen LogP contribution >= 0.6 is 0 Å². The van der Waals surface area contributed by atoms with Crippen LogP contribution in [-0.4, -0.2) is 36.1 Å². The van der Waals surface area contributed by atoms with Crippen LogP contribution in [0.2, 0.25) is 0 Å². The van der Waals surface area contributed by atoms with Crippen LogP contribution in [0.3, 0.4) is 0 Å². The molecule has 1 aliphatic heterocycles. The second-order valence-corrected chi connectivity index (χ2v) is 7.96. The van der Waals surface area contributed by atoms with Crippen molar-refractivity contribution in [2.24, 2.45) is 5.92 Å². The number of amides is 1. The van der Waals surface area contributed by atoms with E-state index in [2.05, 4.69) is 15.3 Å². The van der Waals surface area contributed by atoms with Crippen LogP contribution in [0.4, 0.5) is 29.1 Å². The highest BCUT2D eigenvalue weighted by atomic mass is 19.4. The van der Waals surface area contributed by atoms with Crippen molar-refractivity contribution in [1.82, 2.24) is 9.97 Å². The highest BCUT2D eigenvalue weighted by Crippen LogP contribution is 2.33. The molecule has 0 radical (unpaired) electrons. The molecule has 2 heterocycles. The van der Waals surface area contributed by atoms with Gasteiger partial charge in [0.15, 0.2) is 0 Å². The van der Waals surface area contributed by atoms with Crippen molar-refractivity contribution >= 4 is 17.4 Å². The third-order valence-corrected chi connectivity index (χ3v) is 5.69. The van der Waals surface area contributed by atoms with E-state index in [1.165, 1.54) is 6.33 Å². The number of ether oxygens (including phenoxy) is 1. The molecule has 0 spiro atoms. The fourth-order valence-corrected chi connectivity index (χ4v) is 3.90. The number of hydrogen-bond acceptors (Lipinski definition) is 5. The summed E-state index contributed by atoms with van der Waals surface area (Å²) in [5, 5.41) is 2.49. The first kappa shape index (κ1) is 23.5. The van der Waals surface area contributed by atoms with Crippen molar-refractivity contribution in [1.29, 1.82) is 0 Å². The lowest BCUT2D eigenvalue weighted by atomic mass is 9.96. The maximum atomic E-state index is 13.5. The normalized spacial score (nSPS) is 16.3. The summed E-state index contributed by atoms with van der Waals surface area (Å²) in [5.74, 6) is -0.891. The summed E-state index contributed by atoms with van der Waals surface area (Å²) in [7, 11) is 1.59. The zero-order valence-corrected chi connectivity index (χ0v) is 18.3. The molecule has 10 heteroatoms. The summed E-state index contributed by atoms with van der Waals surface area (Å²) < 4.78 is 57.6. The van der Waals surface area contributed by atoms with E-state index in [1.54, 1.807) is 7.11 Å². The van der Waals surface area contributed by atoms with Crippen molar-refractivity contribution in [3.05, 3.63) is 66.2 Å². The summed E-state index contributed by atoms with van der Waals surface area (Å²) in [6.07, 6.45) is -2.11. The summed E-state index contributed by atoms with van der Waals surface area (Å²) >= 11 is 0. The molecule has 0 saturated carbocycles. The van der Waals surface area contributed by atoms with Crippen molar-refractivity contribution in [2.75, 3.05) is 30.4 Å². The molecule has 6 nitrogen and oxygen atoms in total. The van der Waals surface area contributed by atoms with Crippen LogP contribution < -0.4 is 15.0 Å². The maximum absolute atomic E-state index is 13.5. The van der Waals surface area contributed by atoms with E-state index in [0.29, 0.717) is 49.6 Å². The zero-order chi connectivity index (χ0) is 24.3. The predicted octanol–water partition coefficient (Wildman–Crippen LogP) is 5.17. The summed E-state index contributed by atoms with van der Waals surface area (Å²) in [6, 6.07) is 11.7. The Bertz CT molecular complexity index is 1170. The standard InChI is InChI=1S/C24H22F4N4O2/c1-34-18-7-4-15(5-8-18)21-12-22(30-14-29-21)32-10-2-3-16(13-32)23(33)31-17-6-9-20(25)19(11-17)24(26,27)28/h4-9,11-12,14,16H,2-3,10,13H2,1H3,(H,31,33). The minimum Gasteiger partial charge on any atom is -0.497 e. The number of rotatable bonds is 5. The van der Waals surface area contributed by atoms with Gasteiger partial charge in [-0.3, -0.25) is 4.79 Å². The SMILES string of the molecule is COc1ccc(-c2cc(N3CCCC(C(=O)Nc4ccc(F)c(C(F)(F)F)c4)C3)ncn2)cc1. The molecule has 1 saturated heterocycles. The quantitative estimate of drug-likeness (QED) is 0.517. The third-order valence-electron chi connectivity index (χ3n) is 5.69. The molecule has 0 aliphatic carbocycles. The van der Waals surface area contributed by atoms with E-state index in [1.807, 2.05) is 35.2 Å². The lowest BCUT2D eigenvalue weighted by molar-refractivity contribution is -0.140. The number of aromatic nitrogens is 2. The van der Waals surface area contributed by atoms with Crippen molar-refractivity contribution in [3.63, 3.8) is 0 Å². The number of halogens is 4. The number of piperidine rings is 1. The Morgan fingerprint density at radius 3 is 2.59 bits per heavy atom. The lowest BCUT2D eigenvalue weighted by Gasteiger charge is -2.33. The summed E-state index contributed by atoms with van der Waals surface area (Å²) in [4.78, 5) is 23.4. The van der Waals surface area contributed by atoms with Gasteiger partial charge in [-0.25, -0.2) is 14.4 Å². The van der Waals surface area contributed by atoms with Gasteiger partial charge in [-0.05, 0) is 55.3 Å². The largest absolute Gasteiger partial charge is 0.497 e. The van der Waals surface area contributed by atoms with E-state index in [-0.39, 0.29) is 5.69 Å². The van der Waals surface area contributed by atoms with Gasteiger partial charge >= 0.3 is 6.18 Å². The minimum absolute atomic E-state index is 0.0975. The van der Waals surface area contributed by atoms with E-state index in [4.69, 9.17) is 4.74 Å². The number of alkyl halides is 3. The van der Waals surface area contributed by atoms with Gasteiger partial charge in [0.1, 0.15) is 23.7 Å². The second kappa shape index (κ2) is 9.66. The van der Waals surface area contributed by atoms with Crippen LogP contribution in [0.25, 0.3) is 11.3 Å². The van der Waals surface area contributed by atoms with Gasteiger partial charge in [0.05, 0.1) is 24.3 Å². The van der Waals surface area contributed by atoms with Gasteiger partial charge in [0.2, 0.25) is 5.91 Å². The van der Waals surface area contributed by atoms with Gasteiger partial charge in [-0.2, -0.15) is 13.2 Å². The maximum Gasteiger partial charge on any atom is 0.419 e. The van der Waals surface area contributed by atoms with Crippen LogP contribution in [-0.2, 0) is 11.0 Å². The number of nitrogens with zero attached hydrogens (tertiary/aromatic N) is 3. The third kappa shape index (κ3) is 5.27. The van der Waals surface area contributed by atoms with E-state index in [9.17, 15) is 22.4 Å². The minimum atomic E-state index is -4.85. The smallest absolute Gasteiger partial charge is 0.419 e. The number of hydrogen-bond donors (Lipinski definition) is 1. The van der Waals surface area contributed by atoms with Crippen LogP contribution in [0.15, 0.2) is 54.9 Å². The Hall–Kier alpha value is -3.69. The van der Waals surface area contributed by atoms with Gasteiger partial charge in [-0.15, -0.1) is 0 Å². The lowest BCUT2D eigenvalue weighted by Crippen LogP contribution is -2.41. The molecule has 3 aromatic rings. The Morgan fingerprint density at radius 1 is 1.12 bits per heavy atom. The number of carbonyl (C=O) groups is 1. The molecule has 0 bridgehead atoms.